The average molecular weight is 348 g/mol. The van der Waals surface area contributed by atoms with Crippen molar-refractivity contribution in [3.63, 3.8) is 0 Å². The summed E-state index contributed by atoms with van der Waals surface area (Å²) in [6.45, 7) is 1.64. The molecule has 1 saturated carbocycles. The number of hydrogen-bond acceptors (Lipinski definition) is 4. The Morgan fingerprint density at radius 3 is 2.60 bits per heavy atom. The van der Waals surface area contributed by atoms with E-state index in [1.165, 1.54) is 4.90 Å². The Morgan fingerprint density at radius 1 is 1.12 bits per heavy atom. The summed E-state index contributed by atoms with van der Waals surface area (Å²) in [5.41, 5.74) is -0.699. The molecule has 1 aliphatic carbocycles. The Labute approximate surface area is 148 Å². The number of carbonyl (C=O) groups excluding carboxylic acids is 3. The van der Waals surface area contributed by atoms with Crippen LogP contribution in [0.4, 0.5) is 4.79 Å². The van der Waals surface area contributed by atoms with Crippen molar-refractivity contribution in [3.8, 4) is 0 Å². The molecule has 4 rings (SSSR count). The van der Waals surface area contributed by atoms with Crippen LogP contribution in [0.2, 0.25) is 0 Å². The SMILES string of the molecule is CN1C(=O)N(CC(=O)N2C3CCNCC2CC3)C(=O)C12CCCCC2. The first kappa shape index (κ1) is 16.8. The predicted molar refractivity (Wildman–Crippen MR) is 91.8 cm³/mol. The molecule has 0 radical (unpaired) electrons. The van der Waals surface area contributed by atoms with Crippen molar-refractivity contribution in [2.24, 2.45) is 0 Å². The van der Waals surface area contributed by atoms with Crippen LogP contribution in [0.1, 0.15) is 51.4 Å². The van der Waals surface area contributed by atoms with Crippen LogP contribution in [-0.4, -0.2) is 76.8 Å². The third-order valence-corrected chi connectivity index (χ3v) is 6.72. The topological polar surface area (TPSA) is 73.0 Å². The van der Waals surface area contributed by atoms with E-state index in [0.717, 1.165) is 64.5 Å². The predicted octanol–water partition coefficient (Wildman–Crippen LogP) is 0.936. The van der Waals surface area contributed by atoms with Gasteiger partial charge in [-0.25, -0.2) is 4.79 Å². The zero-order valence-corrected chi connectivity index (χ0v) is 15.0. The lowest BCUT2D eigenvalue weighted by Gasteiger charge is -2.35. The molecule has 4 amide bonds. The highest BCUT2D eigenvalue weighted by Gasteiger charge is 2.56. The molecule has 3 aliphatic heterocycles. The Kier molecular flexibility index (Phi) is 4.22. The summed E-state index contributed by atoms with van der Waals surface area (Å²) in [6.07, 6.45) is 7.47. The third kappa shape index (κ3) is 2.55. The number of rotatable bonds is 2. The lowest BCUT2D eigenvalue weighted by molar-refractivity contribution is -0.141. The Balaban J connectivity index is 1.51. The van der Waals surface area contributed by atoms with Gasteiger partial charge in [0.1, 0.15) is 12.1 Å². The summed E-state index contributed by atoms with van der Waals surface area (Å²) in [5, 5.41) is 3.38. The summed E-state index contributed by atoms with van der Waals surface area (Å²) < 4.78 is 0. The van der Waals surface area contributed by atoms with Gasteiger partial charge in [0, 0.05) is 25.7 Å². The molecule has 7 heteroatoms. The molecular weight excluding hydrogens is 320 g/mol. The van der Waals surface area contributed by atoms with Crippen molar-refractivity contribution in [2.75, 3.05) is 26.7 Å². The van der Waals surface area contributed by atoms with E-state index in [1.54, 1.807) is 11.9 Å². The molecule has 25 heavy (non-hydrogen) atoms. The first-order valence-electron chi connectivity index (χ1n) is 9.66. The van der Waals surface area contributed by atoms with Gasteiger partial charge in [-0.1, -0.05) is 19.3 Å². The standard InChI is InChI=1S/C18H28N4O3/c1-20-17(25)21(16(24)18(20)8-3-2-4-9-18)12-15(23)22-13-5-6-14(22)11-19-10-7-13/h13-14,19H,2-12H2,1H3. The second-order valence-electron chi connectivity index (χ2n) is 8.00. The summed E-state index contributed by atoms with van der Waals surface area (Å²) >= 11 is 0. The molecule has 4 aliphatic rings. The number of likely N-dealkylation sites (N-methyl/N-ethyl adjacent to an activating group) is 1. The van der Waals surface area contributed by atoms with Crippen molar-refractivity contribution < 1.29 is 14.4 Å². The number of urea groups is 1. The number of nitrogens with one attached hydrogen (secondary N) is 1. The quantitative estimate of drug-likeness (QED) is 0.754. The Bertz CT molecular complexity index is 573. The monoisotopic (exact) mass is 348 g/mol. The molecule has 2 atom stereocenters. The van der Waals surface area contributed by atoms with Gasteiger partial charge < -0.3 is 15.1 Å². The molecular formula is C18H28N4O3. The van der Waals surface area contributed by atoms with Crippen molar-refractivity contribution in [1.82, 2.24) is 20.0 Å². The van der Waals surface area contributed by atoms with Crippen LogP contribution < -0.4 is 5.32 Å². The van der Waals surface area contributed by atoms with E-state index in [0.29, 0.717) is 0 Å². The van der Waals surface area contributed by atoms with Crippen LogP contribution in [0.25, 0.3) is 0 Å². The maximum Gasteiger partial charge on any atom is 0.327 e. The number of fused-ring (bicyclic) bond motifs is 2. The minimum absolute atomic E-state index is 0.0702. The summed E-state index contributed by atoms with van der Waals surface area (Å²) in [4.78, 5) is 43.5. The van der Waals surface area contributed by atoms with Gasteiger partial charge in [0.15, 0.2) is 0 Å². The van der Waals surface area contributed by atoms with E-state index < -0.39 is 5.54 Å². The Hall–Kier alpha value is -1.63. The highest BCUT2D eigenvalue weighted by molar-refractivity contribution is 6.09. The van der Waals surface area contributed by atoms with E-state index in [1.807, 2.05) is 4.90 Å². The zero-order valence-electron chi connectivity index (χ0n) is 15.0. The van der Waals surface area contributed by atoms with Gasteiger partial charge in [0.25, 0.3) is 5.91 Å². The second kappa shape index (κ2) is 6.27. The largest absolute Gasteiger partial charge is 0.334 e. The molecule has 2 unspecified atom stereocenters. The Morgan fingerprint density at radius 2 is 1.84 bits per heavy atom. The molecule has 3 saturated heterocycles. The number of hydrogen-bond donors (Lipinski definition) is 1. The molecule has 3 heterocycles. The van der Waals surface area contributed by atoms with Crippen molar-refractivity contribution >= 4 is 17.8 Å². The van der Waals surface area contributed by atoms with Crippen LogP contribution in [-0.2, 0) is 9.59 Å². The van der Waals surface area contributed by atoms with E-state index in [4.69, 9.17) is 0 Å². The smallest absolute Gasteiger partial charge is 0.327 e. The summed E-state index contributed by atoms with van der Waals surface area (Å²) in [5.74, 6) is -0.229. The second-order valence-corrected chi connectivity index (χ2v) is 8.00. The fourth-order valence-corrected chi connectivity index (χ4v) is 5.28. The van der Waals surface area contributed by atoms with Gasteiger partial charge in [-0.15, -0.1) is 0 Å². The summed E-state index contributed by atoms with van der Waals surface area (Å²) in [6, 6.07) is 0.149. The molecule has 7 nitrogen and oxygen atoms in total. The van der Waals surface area contributed by atoms with Crippen LogP contribution in [0.5, 0.6) is 0 Å². The van der Waals surface area contributed by atoms with Gasteiger partial charge >= 0.3 is 6.03 Å². The minimum atomic E-state index is -0.699. The third-order valence-electron chi connectivity index (χ3n) is 6.72. The zero-order chi connectivity index (χ0) is 17.6. The average Bonchev–Trinajstić information content (AvgIpc) is 2.97. The van der Waals surface area contributed by atoms with Gasteiger partial charge in [-0.2, -0.15) is 0 Å². The number of carbonyl (C=O) groups is 3. The van der Waals surface area contributed by atoms with E-state index in [9.17, 15) is 14.4 Å². The lowest BCUT2D eigenvalue weighted by Crippen LogP contribution is -2.50. The van der Waals surface area contributed by atoms with Gasteiger partial charge in [-0.05, 0) is 38.6 Å². The highest BCUT2D eigenvalue weighted by Crippen LogP contribution is 2.39. The van der Waals surface area contributed by atoms with Crippen LogP contribution >= 0.6 is 0 Å². The molecule has 0 aromatic heterocycles. The van der Waals surface area contributed by atoms with Gasteiger partial charge in [0.05, 0.1) is 0 Å². The van der Waals surface area contributed by atoms with E-state index >= 15 is 0 Å². The minimum Gasteiger partial charge on any atom is -0.334 e. The molecule has 1 spiro atoms. The van der Waals surface area contributed by atoms with Gasteiger partial charge in [-0.3, -0.25) is 14.5 Å². The molecule has 4 fully saturated rings. The lowest BCUT2D eigenvalue weighted by atomic mass is 9.81. The first-order chi connectivity index (χ1) is 12.0. The van der Waals surface area contributed by atoms with Crippen LogP contribution in [0, 0.1) is 0 Å². The maximum absolute atomic E-state index is 13.0. The number of nitrogens with zero attached hydrogens (tertiary/aromatic N) is 3. The van der Waals surface area contributed by atoms with Gasteiger partial charge in [0.2, 0.25) is 5.91 Å². The first-order valence-corrected chi connectivity index (χ1v) is 9.66. The fraction of sp³-hybridized carbons (Fsp3) is 0.833. The molecule has 1 N–H and O–H groups in total. The van der Waals surface area contributed by atoms with E-state index in [-0.39, 0.29) is 36.5 Å². The number of imide groups is 1. The van der Waals surface area contributed by atoms with Crippen LogP contribution in [0.3, 0.4) is 0 Å². The van der Waals surface area contributed by atoms with Crippen LogP contribution in [0.15, 0.2) is 0 Å². The van der Waals surface area contributed by atoms with Crippen molar-refractivity contribution in [3.05, 3.63) is 0 Å². The highest BCUT2D eigenvalue weighted by atomic mass is 16.2. The van der Waals surface area contributed by atoms with Crippen molar-refractivity contribution in [2.45, 2.75) is 69.0 Å². The normalized spacial score (nSPS) is 31.8. The van der Waals surface area contributed by atoms with Crippen molar-refractivity contribution in [1.29, 1.82) is 0 Å². The molecule has 2 bridgehead atoms. The van der Waals surface area contributed by atoms with E-state index in [2.05, 4.69) is 5.32 Å². The molecule has 0 aromatic carbocycles. The molecule has 138 valence electrons. The maximum atomic E-state index is 13.0. The molecule has 0 aromatic rings. The fourth-order valence-electron chi connectivity index (χ4n) is 5.28. The summed E-state index contributed by atoms with van der Waals surface area (Å²) in [7, 11) is 1.72. The number of amides is 4.